The summed E-state index contributed by atoms with van der Waals surface area (Å²) in [6, 6.07) is 59.7. The molecular formula is C42H27N. The summed E-state index contributed by atoms with van der Waals surface area (Å²) in [5.74, 6) is 0. The SMILES string of the molecule is c1ccc(C2(c3ccccc3)c3cc4ccccc4nc3-c3c2cc(-c2ccc4ccccc4c2)c2ccccc32)cc1. The largest absolute Gasteiger partial charge is 0.247 e. The Labute approximate surface area is 250 Å². The van der Waals surface area contributed by atoms with Crippen LogP contribution in [0.15, 0.2) is 164 Å². The topological polar surface area (TPSA) is 12.9 Å². The monoisotopic (exact) mass is 545 g/mol. The molecule has 0 radical (unpaired) electrons. The molecule has 1 aromatic heterocycles. The molecule has 1 aliphatic rings. The Morgan fingerprint density at radius 1 is 0.419 bits per heavy atom. The van der Waals surface area contributed by atoms with E-state index in [4.69, 9.17) is 4.98 Å². The number of rotatable bonds is 3. The molecular weight excluding hydrogens is 518 g/mol. The van der Waals surface area contributed by atoms with E-state index in [-0.39, 0.29) is 0 Å². The van der Waals surface area contributed by atoms with Crippen molar-refractivity contribution in [3.05, 3.63) is 186 Å². The van der Waals surface area contributed by atoms with Gasteiger partial charge in [0, 0.05) is 10.9 Å². The van der Waals surface area contributed by atoms with Crippen molar-refractivity contribution >= 4 is 32.4 Å². The number of hydrogen-bond donors (Lipinski definition) is 0. The second kappa shape index (κ2) is 9.24. The van der Waals surface area contributed by atoms with Gasteiger partial charge in [-0.15, -0.1) is 0 Å². The van der Waals surface area contributed by atoms with Crippen molar-refractivity contribution in [2.24, 2.45) is 0 Å². The van der Waals surface area contributed by atoms with Crippen LogP contribution in [-0.2, 0) is 5.41 Å². The Morgan fingerprint density at radius 2 is 1.02 bits per heavy atom. The lowest BCUT2D eigenvalue weighted by molar-refractivity contribution is 0.769. The molecule has 7 aromatic carbocycles. The molecule has 0 unspecified atom stereocenters. The van der Waals surface area contributed by atoms with Crippen LogP contribution in [0.3, 0.4) is 0 Å². The van der Waals surface area contributed by atoms with Crippen molar-refractivity contribution in [1.29, 1.82) is 0 Å². The van der Waals surface area contributed by atoms with Crippen molar-refractivity contribution in [2.45, 2.75) is 5.41 Å². The van der Waals surface area contributed by atoms with Crippen molar-refractivity contribution < 1.29 is 0 Å². The molecule has 0 amide bonds. The van der Waals surface area contributed by atoms with Crippen LogP contribution in [0.4, 0.5) is 0 Å². The molecule has 0 saturated carbocycles. The van der Waals surface area contributed by atoms with E-state index in [2.05, 4.69) is 164 Å². The Kier molecular flexibility index (Phi) is 5.18. The maximum atomic E-state index is 5.44. The van der Waals surface area contributed by atoms with E-state index in [1.807, 2.05) is 0 Å². The summed E-state index contributed by atoms with van der Waals surface area (Å²) in [5, 5.41) is 6.14. The van der Waals surface area contributed by atoms with Crippen LogP contribution in [0.2, 0.25) is 0 Å². The van der Waals surface area contributed by atoms with Gasteiger partial charge in [-0.3, -0.25) is 0 Å². The smallest absolute Gasteiger partial charge is 0.0767 e. The zero-order chi connectivity index (χ0) is 28.4. The molecule has 0 spiro atoms. The molecule has 9 rings (SSSR count). The molecule has 1 aliphatic carbocycles. The van der Waals surface area contributed by atoms with Crippen molar-refractivity contribution in [3.63, 3.8) is 0 Å². The van der Waals surface area contributed by atoms with Gasteiger partial charge in [-0.25, -0.2) is 4.98 Å². The zero-order valence-electron chi connectivity index (χ0n) is 23.5. The van der Waals surface area contributed by atoms with E-state index in [9.17, 15) is 0 Å². The summed E-state index contributed by atoms with van der Waals surface area (Å²) < 4.78 is 0. The fraction of sp³-hybridized carbons (Fsp3) is 0.0238. The van der Waals surface area contributed by atoms with E-state index in [1.165, 1.54) is 60.5 Å². The Hall–Kier alpha value is -5.53. The van der Waals surface area contributed by atoms with Crippen molar-refractivity contribution in [1.82, 2.24) is 4.98 Å². The predicted molar refractivity (Wildman–Crippen MR) is 179 cm³/mol. The Balaban J connectivity index is 1.49. The fourth-order valence-electron chi connectivity index (χ4n) is 7.42. The van der Waals surface area contributed by atoms with Crippen LogP contribution in [0.25, 0.3) is 54.8 Å². The first-order chi connectivity index (χ1) is 21.3. The standard InChI is InChI=1S/C42H27N/c1-3-16-32(17-4-1)42(33-18-5-2-6-19-33)37-27-36(30-24-23-28-13-7-8-14-29(28)25-30)34-20-10-11-21-35(34)40(37)41-38(42)26-31-15-9-12-22-39(31)43-41/h1-27H. The molecule has 43 heavy (non-hydrogen) atoms. The number of aromatic nitrogens is 1. The van der Waals surface area contributed by atoms with Gasteiger partial charge in [0.25, 0.3) is 0 Å². The molecule has 0 aliphatic heterocycles. The van der Waals surface area contributed by atoms with E-state index >= 15 is 0 Å². The summed E-state index contributed by atoms with van der Waals surface area (Å²) >= 11 is 0. The van der Waals surface area contributed by atoms with Gasteiger partial charge in [-0.1, -0.05) is 140 Å². The van der Waals surface area contributed by atoms with Gasteiger partial charge in [-0.2, -0.15) is 0 Å². The third kappa shape index (κ3) is 3.43. The first-order valence-corrected chi connectivity index (χ1v) is 14.9. The second-order valence-corrected chi connectivity index (χ2v) is 11.5. The lowest BCUT2D eigenvalue weighted by Crippen LogP contribution is -2.28. The summed E-state index contributed by atoms with van der Waals surface area (Å²) in [6.07, 6.45) is 0. The van der Waals surface area contributed by atoms with Gasteiger partial charge < -0.3 is 0 Å². The molecule has 0 atom stereocenters. The van der Waals surface area contributed by atoms with Gasteiger partial charge in [0.2, 0.25) is 0 Å². The zero-order valence-corrected chi connectivity index (χ0v) is 23.5. The number of fused-ring (bicyclic) bond motifs is 7. The number of para-hydroxylation sites is 1. The minimum atomic E-state index is -0.528. The molecule has 200 valence electrons. The second-order valence-electron chi connectivity index (χ2n) is 11.5. The van der Waals surface area contributed by atoms with Gasteiger partial charge in [0.15, 0.2) is 0 Å². The minimum Gasteiger partial charge on any atom is -0.247 e. The number of hydrogen-bond acceptors (Lipinski definition) is 1. The predicted octanol–water partition coefficient (Wildman–Crippen LogP) is 10.6. The van der Waals surface area contributed by atoms with Gasteiger partial charge in [0.1, 0.15) is 0 Å². The summed E-state index contributed by atoms with van der Waals surface area (Å²) in [7, 11) is 0. The minimum absolute atomic E-state index is 0.528. The summed E-state index contributed by atoms with van der Waals surface area (Å²) in [4.78, 5) is 5.44. The third-order valence-corrected chi connectivity index (χ3v) is 9.29. The van der Waals surface area contributed by atoms with Crippen LogP contribution in [0, 0.1) is 0 Å². The summed E-state index contributed by atoms with van der Waals surface area (Å²) in [6.45, 7) is 0. The number of pyridine rings is 1. The highest BCUT2D eigenvalue weighted by Gasteiger charge is 2.48. The average molecular weight is 546 g/mol. The Morgan fingerprint density at radius 3 is 1.77 bits per heavy atom. The highest BCUT2D eigenvalue weighted by molar-refractivity contribution is 6.10. The van der Waals surface area contributed by atoms with Gasteiger partial charge in [0.05, 0.1) is 16.6 Å². The van der Waals surface area contributed by atoms with Gasteiger partial charge >= 0.3 is 0 Å². The van der Waals surface area contributed by atoms with Crippen LogP contribution < -0.4 is 0 Å². The first kappa shape index (κ1) is 24.1. The Bertz CT molecular complexity index is 2290. The van der Waals surface area contributed by atoms with Crippen LogP contribution in [-0.4, -0.2) is 4.98 Å². The molecule has 8 aromatic rings. The lowest BCUT2D eigenvalue weighted by atomic mass is 9.67. The third-order valence-electron chi connectivity index (χ3n) is 9.29. The van der Waals surface area contributed by atoms with Crippen LogP contribution in [0.1, 0.15) is 22.3 Å². The molecule has 1 heterocycles. The molecule has 0 saturated heterocycles. The normalized spacial score (nSPS) is 13.3. The number of nitrogens with zero attached hydrogens (tertiary/aromatic N) is 1. The van der Waals surface area contributed by atoms with Crippen molar-refractivity contribution in [2.75, 3.05) is 0 Å². The van der Waals surface area contributed by atoms with Crippen molar-refractivity contribution in [3.8, 4) is 22.4 Å². The molecule has 0 N–H and O–H groups in total. The lowest BCUT2D eigenvalue weighted by Gasteiger charge is -2.34. The van der Waals surface area contributed by atoms with E-state index in [1.54, 1.807) is 0 Å². The van der Waals surface area contributed by atoms with Crippen LogP contribution >= 0.6 is 0 Å². The fourth-order valence-corrected chi connectivity index (χ4v) is 7.42. The highest BCUT2D eigenvalue weighted by atomic mass is 14.7. The quantitative estimate of drug-likeness (QED) is 0.215. The maximum absolute atomic E-state index is 5.44. The van der Waals surface area contributed by atoms with Crippen LogP contribution in [0.5, 0.6) is 0 Å². The number of benzene rings is 7. The molecule has 0 fully saturated rings. The molecule has 1 nitrogen and oxygen atoms in total. The van der Waals surface area contributed by atoms with E-state index < -0.39 is 5.41 Å². The van der Waals surface area contributed by atoms with E-state index in [0.29, 0.717) is 0 Å². The maximum Gasteiger partial charge on any atom is 0.0767 e. The highest BCUT2D eigenvalue weighted by Crippen LogP contribution is 2.58. The van der Waals surface area contributed by atoms with Gasteiger partial charge in [-0.05, 0) is 79.2 Å². The summed E-state index contributed by atoms with van der Waals surface area (Å²) in [5.41, 5.74) is 10.3. The average Bonchev–Trinajstić information content (AvgIpc) is 3.37. The molecule has 1 heteroatoms. The first-order valence-electron chi connectivity index (χ1n) is 14.9. The van der Waals surface area contributed by atoms with E-state index in [0.717, 1.165) is 16.6 Å². The molecule has 0 bridgehead atoms.